The molecule has 0 heteroatoms. The minimum Gasteiger partial charge on any atom is -0.0999 e. The van der Waals surface area contributed by atoms with Gasteiger partial charge in [0.05, 0.1) is 0 Å². The third-order valence-electron chi connectivity index (χ3n) is 6.90. The van der Waals surface area contributed by atoms with E-state index >= 15 is 0 Å². The van der Waals surface area contributed by atoms with Gasteiger partial charge >= 0.3 is 0 Å². The van der Waals surface area contributed by atoms with Gasteiger partial charge in [-0.3, -0.25) is 0 Å². The van der Waals surface area contributed by atoms with Gasteiger partial charge < -0.3 is 0 Å². The fourth-order valence-electron chi connectivity index (χ4n) is 2.87. The molecular formula is C40H80. The van der Waals surface area contributed by atoms with E-state index in [-0.39, 0.29) is 0 Å². The lowest BCUT2D eigenvalue weighted by Gasteiger charge is -1.97. The molecule has 0 radical (unpaired) electrons. The molecule has 240 valence electrons. The van der Waals surface area contributed by atoms with Crippen molar-refractivity contribution in [3.8, 4) is 0 Å². The second-order valence-electron chi connectivity index (χ2n) is 11.1. The maximum absolute atomic E-state index is 3.91. The third-order valence-corrected chi connectivity index (χ3v) is 6.90. The van der Waals surface area contributed by atoms with Crippen LogP contribution < -0.4 is 0 Å². The summed E-state index contributed by atoms with van der Waals surface area (Å²) in [5.41, 5.74) is 7.48. The Labute approximate surface area is 258 Å². The topological polar surface area (TPSA) is 0 Å². The Morgan fingerprint density at radius 2 is 0.775 bits per heavy atom. The maximum Gasteiger partial charge on any atom is -0.0323 e. The monoisotopic (exact) mass is 561 g/mol. The summed E-state index contributed by atoms with van der Waals surface area (Å²) in [7, 11) is 0. The summed E-state index contributed by atoms with van der Waals surface area (Å²) >= 11 is 0. The lowest BCUT2D eigenvalue weighted by atomic mass is 10.1. The van der Waals surface area contributed by atoms with Crippen LogP contribution >= 0.6 is 0 Å². The van der Waals surface area contributed by atoms with E-state index in [2.05, 4.69) is 128 Å². The highest BCUT2D eigenvalue weighted by Crippen LogP contribution is 2.07. The molecule has 0 atom stereocenters. The summed E-state index contributed by atoms with van der Waals surface area (Å²) in [6, 6.07) is 0. The van der Waals surface area contributed by atoms with Gasteiger partial charge in [-0.2, -0.15) is 0 Å². The molecule has 0 spiro atoms. The molecule has 0 aliphatic carbocycles. The van der Waals surface area contributed by atoms with Crippen LogP contribution in [0.15, 0.2) is 58.7 Å². The number of allylic oxidation sites excluding steroid dienone is 9. The van der Waals surface area contributed by atoms with Crippen LogP contribution in [-0.4, -0.2) is 0 Å². The van der Waals surface area contributed by atoms with Crippen LogP contribution in [-0.2, 0) is 0 Å². The molecule has 0 aromatic rings. The van der Waals surface area contributed by atoms with E-state index in [0.717, 1.165) is 6.42 Å². The van der Waals surface area contributed by atoms with Crippen LogP contribution in [0.5, 0.6) is 0 Å². The van der Waals surface area contributed by atoms with E-state index in [9.17, 15) is 0 Å². The Bertz CT molecular complexity index is 550. The van der Waals surface area contributed by atoms with Crippen LogP contribution in [0, 0.1) is 0 Å². The van der Waals surface area contributed by atoms with E-state index in [1.54, 1.807) is 0 Å². The van der Waals surface area contributed by atoms with Gasteiger partial charge in [-0.15, -0.1) is 0 Å². The first-order chi connectivity index (χ1) is 19.0. The van der Waals surface area contributed by atoms with Crippen molar-refractivity contribution in [2.75, 3.05) is 0 Å². The zero-order valence-electron chi connectivity index (χ0n) is 30.8. The van der Waals surface area contributed by atoms with Gasteiger partial charge in [-0.05, 0) is 112 Å². The van der Waals surface area contributed by atoms with E-state index in [4.69, 9.17) is 0 Å². The van der Waals surface area contributed by atoms with Crippen LogP contribution in [0.25, 0.3) is 0 Å². The molecule has 0 N–H and O–H groups in total. The quantitative estimate of drug-likeness (QED) is 0.165. The average molecular weight is 561 g/mol. The zero-order chi connectivity index (χ0) is 32.0. The van der Waals surface area contributed by atoms with Crippen molar-refractivity contribution < 1.29 is 0 Å². The summed E-state index contributed by atoms with van der Waals surface area (Å²) in [5, 5.41) is 0. The highest BCUT2D eigenvalue weighted by molar-refractivity contribution is 4.97. The largest absolute Gasteiger partial charge is 0.0999 e. The number of hydrogen-bond donors (Lipinski definition) is 0. The molecule has 40 heavy (non-hydrogen) atoms. The molecule has 0 fully saturated rings. The van der Waals surface area contributed by atoms with Crippen molar-refractivity contribution in [1.29, 1.82) is 0 Å². The minimum atomic E-state index is 1.15. The molecule has 0 amide bonds. The predicted molar refractivity (Wildman–Crippen MR) is 195 cm³/mol. The van der Waals surface area contributed by atoms with Gasteiger partial charge in [0.15, 0.2) is 0 Å². The standard InChI is InChI=1S/5C8H16/c5*1-4-6-7-8(3)5-2/h2*7H,4-6H2,1-3H3;2*5H,4,6-7H2,1-3H3;3-7H2,1-2H3/b8-7+;8-7-;8-5+;8-5-;. The molecule has 0 nitrogen and oxygen atoms in total. The Balaban J connectivity index is -0.000000128. The van der Waals surface area contributed by atoms with Crippen molar-refractivity contribution in [3.63, 3.8) is 0 Å². The fraction of sp³-hybridized carbons (Fsp3) is 0.750. The summed E-state index contributed by atoms with van der Waals surface area (Å²) < 4.78 is 0. The Morgan fingerprint density at radius 1 is 0.450 bits per heavy atom. The molecule has 0 saturated carbocycles. The number of rotatable bonds is 16. The second-order valence-corrected chi connectivity index (χ2v) is 11.1. The first-order valence-corrected chi connectivity index (χ1v) is 17.3. The minimum absolute atomic E-state index is 1.15. The molecule has 0 aromatic carbocycles. The summed E-state index contributed by atoms with van der Waals surface area (Å²) in [6.07, 6.45) is 29.3. The second kappa shape index (κ2) is 44.7. The van der Waals surface area contributed by atoms with Crippen molar-refractivity contribution in [1.82, 2.24) is 0 Å². The first kappa shape index (κ1) is 48.4. The summed E-state index contributed by atoms with van der Waals surface area (Å²) in [6.45, 7) is 34.5. The Hall–Kier alpha value is -1.30. The van der Waals surface area contributed by atoms with Crippen LogP contribution in [0.2, 0.25) is 0 Å². The van der Waals surface area contributed by atoms with Crippen molar-refractivity contribution in [2.45, 2.75) is 200 Å². The summed E-state index contributed by atoms with van der Waals surface area (Å²) in [5.74, 6) is 0. The Morgan fingerprint density at radius 3 is 1.00 bits per heavy atom. The van der Waals surface area contributed by atoms with Gasteiger partial charge in [0.2, 0.25) is 0 Å². The van der Waals surface area contributed by atoms with Crippen molar-refractivity contribution in [3.05, 3.63) is 58.7 Å². The van der Waals surface area contributed by atoms with Gasteiger partial charge in [-0.25, -0.2) is 0 Å². The molecule has 0 bridgehead atoms. The van der Waals surface area contributed by atoms with Crippen LogP contribution in [0.1, 0.15) is 200 Å². The number of hydrogen-bond acceptors (Lipinski definition) is 0. The van der Waals surface area contributed by atoms with Crippen molar-refractivity contribution >= 4 is 0 Å². The highest BCUT2D eigenvalue weighted by Gasteiger charge is 1.87. The van der Waals surface area contributed by atoms with Gasteiger partial charge in [0.25, 0.3) is 0 Å². The molecule has 0 aliphatic heterocycles. The van der Waals surface area contributed by atoms with Crippen LogP contribution in [0.4, 0.5) is 0 Å². The summed E-state index contributed by atoms with van der Waals surface area (Å²) in [4.78, 5) is 0. The van der Waals surface area contributed by atoms with Crippen molar-refractivity contribution in [2.24, 2.45) is 0 Å². The molecule has 0 saturated heterocycles. The molecule has 0 aliphatic rings. The first-order valence-electron chi connectivity index (χ1n) is 17.3. The predicted octanol–water partition coefficient (Wildman–Crippen LogP) is 15.7. The lowest BCUT2D eigenvalue weighted by molar-refractivity contribution is 0.769. The molecular weight excluding hydrogens is 480 g/mol. The lowest BCUT2D eigenvalue weighted by Crippen LogP contribution is -1.76. The molecule has 0 aromatic heterocycles. The molecule has 0 unspecified atom stereocenters. The molecule has 0 rings (SSSR count). The van der Waals surface area contributed by atoms with Crippen LogP contribution in [0.3, 0.4) is 0 Å². The van der Waals surface area contributed by atoms with E-state index in [1.807, 2.05) is 0 Å². The van der Waals surface area contributed by atoms with E-state index in [1.165, 1.54) is 124 Å². The Kier molecular flexibility index (Phi) is 54.1. The maximum atomic E-state index is 3.91. The SMILES string of the molecule is C/C=C(/C)CCCC.C/C=C(\C)CCCC.C=C(CC)CCCC.CCC/C=C(/C)CC.CCC/C=C(\C)CC. The normalized spacial score (nSPS) is 11.6. The van der Waals surface area contributed by atoms with Gasteiger partial charge in [0, 0.05) is 0 Å². The highest BCUT2D eigenvalue weighted by atomic mass is 13.9. The van der Waals surface area contributed by atoms with Gasteiger partial charge in [0.1, 0.15) is 0 Å². The average Bonchev–Trinajstić information content (AvgIpc) is 2.99. The third kappa shape index (κ3) is 56.8. The molecule has 0 heterocycles. The van der Waals surface area contributed by atoms with Gasteiger partial charge in [-0.1, -0.05) is 146 Å². The number of unbranched alkanes of at least 4 members (excludes halogenated alkanes) is 5. The van der Waals surface area contributed by atoms with E-state index in [0.29, 0.717) is 0 Å². The van der Waals surface area contributed by atoms with E-state index < -0.39 is 0 Å². The fourth-order valence-corrected chi connectivity index (χ4v) is 2.87. The smallest absolute Gasteiger partial charge is 0.0323 e. The zero-order valence-corrected chi connectivity index (χ0v) is 30.8.